The van der Waals surface area contributed by atoms with Crippen LogP contribution in [0.25, 0.3) is 10.2 Å². The van der Waals surface area contributed by atoms with E-state index >= 15 is 0 Å². The fourth-order valence-corrected chi connectivity index (χ4v) is 6.64. The van der Waals surface area contributed by atoms with E-state index in [-0.39, 0.29) is 5.97 Å². The number of ether oxygens (including phenoxy) is 3. The van der Waals surface area contributed by atoms with Crippen LogP contribution >= 0.6 is 54.5 Å². The first-order valence-corrected chi connectivity index (χ1v) is 12.0. The van der Waals surface area contributed by atoms with E-state index in [1.165, 1.54) is 24.2 Å². The van der Waals surface area contributed by atoms with Gasteiger partial charge in [-0.05, 0) is 44.7 Å². The molecular formula is C17H21Br2NO4S2. The first kappa shape index (κ1) is 20.7. The van der Waals surface area contributed by atoms with Crippen LogP contribution in [0, 0.1) is 0 Å². The number of thiazole rings is 1. The van der Waals surface area contributed by atoms with Crippen LogP contribution in [-0.2, 0) is 14.2 Å². The van der Waals surface area contributed by atoms with Crippen molar-refractivity contribution in [3.63, 3.8) is 0 Å². The van der Waals surface area contributed by atoms with Crippen molar-refractivity contribution >= 4 is 70.7 Å². The highest BCUT2D eigenvalue weighted by molar-refractivity contribution is 9.12. The Morgan fingerprint density at radius 3 is 2.46 bits per heavy atom. The number of fused-ring (bicyclic) bond motifs is 1. The molecule has 0 N–H and O–H groups in total. The normalized spacial score (nSPS) is 16.3. The molecule has 144 valence electrons. The van der Waals surface area contributed by atoms with Crippen LogP contribution in [0.4, 0.5) is 0 Å². The number of nitrogens with zero attached hydrogens (tertiary/aromatic N) is 1. The molecule has 0 saturated carbocycles. The number of hydrogen-bond donors (Lipinski definition) is 0. The average molecular weight is 527 g/mol. The van der Waals surface area contributed by atoms with Crippen LogP contribution in [0.15, 0.2) is 7.57 Å². The first-order chi connectivity index (χ1) is 12.6. The number of carbonyl (C=O) groups excluding carboxylic acids is 1. The van der Waals surface area contributed by atoms with E-state index in [4.69, 9.17) is 14.2 Å². The fraction of sp³-hybridized carbons (Fsp3) is 0.647. The molecule has 5 nitrogen and oxygen atoms in total. The van der Waals surface area contributed by atoms with Crippen molar-refractivity contribution in [2.75, 3.05) is 26.4 Å². The van der Waals surface area contributed by atoms with Gasteiger partial charge in [-0.25, -0.2) is 9.78 Å². The van der Waals surface area contributed by atoms with Gasteiger partial charge in [-0.15, -0.1) is 22.7 Å². The van der Waals surface area contributed by atoms with Crippen LogP contribution < -0.4 is 0 Å². The van der Waals surface area contributed by atoms with Crippen LogP contribution in [-0.4, -0.2) is 43.5 Å². The highest BCUT2D eigenvalue weighted by Crippen LogP contribution is 2.41. The number of esters is 1. The summed E-state index contributed by atoms with van der Waals surface area (Å²) in [5, 5.41) is 0.417. The summed E-state index contributed by atoms with van der Waals surface area (Å²) < 4.78 is 18.9. The van der Waals surface area contributed by atoms with Crippen molar-refractivity contribution in [1.29, 1.82) is 0 Å². The van der Waals surface area contributed by atoms with Gasteiger partial charge in [0.25, 0.3) is 0 Å². The zero-order chi connectivity index (χ0) is 18.4. The zero-order valence-corrected chi connectivity index (χ0v) is 19.1. The van der Waals surface area contributed by atoms with Gasteiger partial charge in [-0.3, -0.25) is 0 Å². The minimum atomic E-state index is -0.327. The van der Waals surface area contributed by atoms with E-state index in [2.05, 4.69) is 36.8 Å². The number of aromatic nitrogens is 1. The topological polar surface area (TPSA) is 61.0 Å². The Bertz CT molecular complexity index is 695. The number of halogens is 2. The predicted molar refractivity (Wildman–Crippen MR) is 111 cm³/mol. The third kappa shape index (κ3) is 6.24. The lowest BCUT2D eigenvalue weighted by Crippen LogP contribution is -2.06. The van der Waals surface area contributed by atoms with Crippen molar-refractivity contribution < 1.29 is 19.0 Å². The molecular weight excluding hydrogens is 506 g/mol. The number of carbonyl (C=O) groups is 1. The molecule has 1 atom stereocenters. The summed E-state index contributed by atoms with van der Waals surface area (Å²) in [6.07, 6.45) is 6.99. The molecule has 1 aliphatic rings. The van der Waals surface area contributed by atoms with E-state index < -0.39 is 0 Å². The highest BCUT2D eigenvalue weighted by Gasteiger charge is 2.22. The molecule has 26 heavy (non-hydrogen) atoms. The molecule has 3 rings (SSSR count). The second-order valence-corrected chi connectivity index (χ2v) is 10.8. The average Bonchev–Trinajstić information content (AvgIpc) is 3.26. The maximum Gasteiger partial charge on any atom is 0.367 e. The number of epoxide rings is 1. The molecule has 2 aromatic heterocycles. The van der Waals surface area contributed by atoms with E-state index in [1.54, 1.807) is 11.3 Å². The first-order valence-electron chi connectivity index (χ1n) is 8.76. The summed E-state index contributed by atoms with van der Waals surface area (Å²) in [5.74, 6) is -0.327. The third-order valence-electron chi connectivity index (χ3n) is 3.97. The summed E-state index contributed by atoms with van der Waals surface area (Å²) in [5.41, 5.74) is 0.826. The lowest BCUT2D eigenvalue weighted by molar-refractivity contribution is 0.0497. The van der Waals surface area contributed by atoms with Gasteiger partial charge in [0.2, 0.25) is 5.01 Å². The van der Waals surface area contributed by atoms with Gasteiger partial charge in [0.05, 0.1) is 32.1 Å². The number of unbranched alkanes of at least 4 members (excludes halogenated alkanes) is 5. The van der Waals surface area contributed by atoms with Crippen LogP contribution in [0.1, 0.15) is 48.3 Å². The highest BCUT2D eigenvalue weighted by atomic mass is 79.9. The SMILES string of the molecule is O=C(OCCCCCCCCOCC1CO1)c1nc2c(Br)sc(Br)c2s1. The summed E-state index contributed by atoms with van der Waals surface area (Å²) in [4.78, 5) is 16.5. The summed E-state index contributed by atoms with van der Waals surface area (Å²) in [7, 11) is 0. The molecule has 0 aliphatic carbocycles. The Morgan fingerprint density at radius 2 is 1.77 bits per heavy atom. The molecule has 0 amide bonds. The van der Waals surface area contributed by atoms with Crippen LogP contribution in [0.2, 0.25) is 0 Å². The van der Waals surface area contributed by atoms with Crippen molar-refractivity contribution in [3.05, 3.63) is 12.6 Å². The molecule has 9 heteroatoms. The minimum absolute atomic E-state index is 0.327. The van der Waals surface area contributed by atoms with E-state index in [0.717, 1.165) is 63.3 Å². The Hall–Kier alpha value is -0.0600. The van der Waals surface area contributed by atoms with E-state index in [9.17, 15) is 4.79 Å². The Morgan fingerprint density at radius 1 is 1.08 bits per heavy atom. The predicted octanol–water partition coefficient (Wildman–Crippen LogP) is 5.80. The van der Waals surface area contributed by atoms with Gasteiger partial charge in [0.1, 0.15) is 11.6 Å². The number of rotatable bonds is 12. The van der Waals surface area contributed by atoms with Crippen LogP contribution in [0.3, 0.4) is 0 Å². The second kappa shape index (κ2) is 10.5. The molecule has 0 radical (unpaired) electrons. The van der Waals surface area contributed by atoms with Crippen molar-refractivity contribution in [2.24, 2.45) is 0 Å². The van der Waals surface area contributed by atoms with Crippen molar-refractivity contribution in [2.45, 2.75) is 44.6 Å². The molecule has 1 fully saturated rings. The molecule has 2 aromatic rings. The maximum absolute atomic E-state index is 12.1. The van der Waals surface area contributed by atoms with Crippen LogP contribution in [0.5, 0.6) is 0 Å². The van der Waals surface area contributed by atoms with Gasteiger partial charge < -0.3 is 14.2 Å². The molecule has 1 aliphatic heterocycles. The molecule has 0 aromatic carbocycles. The van der Waals surface area contributed by atoms with Gasteiger partial charge in [-0.2, -0.15) is 0 Å². The minimum Gasteiger partial charge on any atom is -0.460 e. The maximum atomic E-state index is 12.1. The van der Waals surface area contributed by atoms with E-state index in [1.807, 2.05) is 0 Å². The lowest BCUT2D eigenvalue weighted by Gasteiger charge is -2.04. The molecule has 1 saturated heterocycles. The monoisotopic (exact) mass is 525 g/mol. The van der Waals surface area contributed by atoms with Gasteiger partial charge in [0, 0.05) is 6.61 Å². The fourth-order valence-electron chi connectivity index (χ4n) is 2.47. The lowest BCUT2D eigenvalue weighted by atomic mass is 10.1. The smallest absolute Gasteiger partial charge is 0.367 e. The molecule has 1 unspecified atom stereocenters. The Balaban J connectivity index is 1.21. The molecule has 0 bridgehead atoms. The number of thiophene rings is 1. The molecule has 3 heterocycles. The van der Waals surface area contributed by atoms with Gasteiger partial charge >= 0.3 is 5.97 Å². The number of hydrogen-bond acceptors (Lipinski definition) is 7. The third-order valence-corrected chi connectivity index (χ3v) is 7.91. The van der Waals surface area contributed by atoms with E-state index in [0.29, 0.717) is 17.7 Å². The second-order valence-electron chi connectivity index (χ2n) is 6.13. The molecule has 0 spiro atoms. The standard InChI is InChI=1S/C17H21Br2NO4S2/c18-14-12-13(15(19)26-14)25-16(20-12)17(21)23-8-6-4-2-1-3-5-7-22-9-11-10-24-11/h11H,1-10H2. The summed E-state index contributed by atoms with van der Waals surface area (Å²) in [6, 6.07) is 0. The summed E-state index contributed by atoms with van der Waals surface area (Å²) >= 11 is 9.89. The Labute approximate surface area is 177 Å². The van der Waals surface area contributed by atoms with Gasteiger partial charge in [0.15, 0.2) is 0 Å². The van der Waals surface area contributed by atoms with Crippen molar-refractivity contribution in [1.82, 2.24) is 4.98 Å². The largest absolute Gasteiger partial charge is 0.460 e. The van der Waals surface area contributed by atoms with Crippen molar-refractivity contribution in [3.8, 4) is 0 Å². The zero-order valence-electron chi connectivity index (χ0n) is 14.3. The quantitative estimate of drug-likeness (QED) is 0.199. The van der Waals surface area contributed by atoms with Gasteiger partial charge in [-0.1, -0.05) is 25.7 Å². The Kier molecular flexibility index (Phi) is 8.33. The summed E-state index contributed by atoms with van der Waals surface area (Å²) in [6.45, 7) is 2.89.